The van der Waals surface area contributed by atoms with Crippen LogP contribution < -0.4 is 16.0 Å². The van der Waals surface area contributed by atoms with Crippen LogP contribution in [0.25, 0.3) is 0 Å². The predicted molar refractivity (Wildman–Crippen MR) is 99.2 cm³/mol. The van der Waals surface area contributed by atoms with E-state index in [-0.39, 0.29) is 0 Å². The standard InChI is InChI=1S/C17H18IN3O2/c1-2-19-17(23)21-16(22)15(12-6-4-3-5-7-12)20-14-10-8-13(18)9-11-14/h3-11,15,20H,2H2,1H3,(H2,19,21,22,23). The van der Waals surface area contributed by atoms with Crippen LogP contribution in [0.4, 0.5) is 10.5 Å². The highest BCUT2D eigenvalue weighted by atomic mass is 127. The molecule has 0 saturated carbocycles. The zero-order chi connectivity index (χ0) is 16.7. The fraction of sp³-hybridized carbons (Fsp3) is 0.176. The number of nitrogens with one attached hydrogen (secondary N) is 3. The summed E-state index contributed by atoms with van der Waals surface area (Å²) in [6.07, 6.45) is 0. The molecule has 0 spiro atoms. The lowest BCUT2D eigenvalue weighted by Gasteiger charge is -2.19. The Morgan fingerprint density at radius 3 is 2.30 bits per heavy atom. The zero-order valence-corrected chi connectivity index (χ0v) is 14.8. The molecular formula is C17H18IN3O2. The van der Waals surface area contributed by atoms with Gasteiger partial charge < -0.3 is 10.6 Å². The molecule has 0 aromatic heterocycles. The van der Waals surface area contributed by atoms with Gasteiger partial charge in [-0.3, -0.25) is 10.1 Å². The Hall–Kier alpha value is -2.09. The van der Waals surface area contributed by atoms with Gasteiger partial charge in [0.2, 0.25) is 0 Å². The van der Waals surface area contributed by atoms with E-state index < -0.39 is 18.0 Å². The Bertz CT molecular complexity index is 659. The lowest BCUT2D eigenvalue weighted by molar-refractivity contribution is -0.120. The quantitative estimate of drug-likeness (QED) is 0.647. The van der Waals surface area contributed by atoms with Crippen molar-refractivity contribution in [3.05, 3.63) is 63.7 Å². The second-order valence-electron chi connectivity index (χ2n) is 4.84. The van der Waals surface area contributed by atoms with Crippen LogP contribution >= 0.6 is 22.6 Å². The van der Waals surface area contributed by atoms with Crippen LogP contribution in [0.1, 0.15) is 18.5 Å². The number of carbonyl (C=O) groups excluding carboxylic acids is 2. The summed E-state index contributed by atoms with van der Waals surface area (Å²) < 4.78 is 1.11. The van der Waals surface area contributed by atoms with Crippen LogP contribution in [0.15, 0.2) is 54.6 Å². The highest BCUT2D eigenvalue weighted by molar-refractivity contribution is 14.1. The van der Waals surface area contributed by atoms with E-state index in [1.54, 1.807) is 6.92 Å². The van der Waals surface area contributed by atoms with Crippen molar-refractivity contribution in [3.8, 4) is 0 Å². The number of halogens is 1. The molecule has 23 heavy (non-hydrogen) atoms. The van der Waals surface area contributed by atoms with E-state index in [0.717, 1.165) is 14.8 Å². The molecule has 120 valence electrons. The van der Waals surface area contributed by atoms with Crippen molar-refractivity contribution in [3.63, 3.8) is 0 Å². The van der Waals surface area contributed by atoms with Crippen LogP contribution in [0, 0.1) is 3.57 Å². The molecule has 2 aromatic rings. The highest BCUT2D eigenvalue weighted by Gasteiger charge is 2.22. The average molecular weight is 423 g/mol. The lowest BCUT2D eigenvalue weighted by Crippen LogP contribution is -2.43. The Balaban J connectivity index is 2.20. The fourth-order valence-corrected chi connectivity index (χ4v) is 2.41. The number of carbonyl (C=O) groups is 2. The van der Waals surface area contributed by atoms with Crippen LogP contribution in [-0.4, -0.2) is 18.5 Å². The van der Waals surface area contributed by atoms with Gasteiger partial charge in [-0.05, 0) is 59.3 Å². The van der Waals surface area contributed by atoms with Gasteiger partial charge in [-0.1, -0.05) is 30.3 Å². The van der Waals surface area contributed by atoms with Crippen molar-refractivity contribution in [2.24, 2.45) is 0 Å². The van der Waals surface area contributed by atoms with Crippen LogP contribution in [0.5, 0.6) is 0 Å². The van der Waals surface area contributed by atoms with Crippen molar-refractivity contribution in [1.82, 2.24) is 10.6 Å². The maximum absolute atomic E-state index is 12.5. The molecule has 1 atom stereocenters. The summed E-state index contributed by atoms with van der Waals surface area (Å²) in [5.74, 6) is -0.402. The number of hydrogen-bond acceptors (Lipinski definition) is 3. The van der Waals surface area contributed by atoms with Crippen molar-refractivity contribution < 1.29 is 9.59 Å². The molecule has 0 aliphatic carbocycles. The summed E-state index contributed by atoms with van der Waals surface area (Å²) in [5.41, 5.74) is 1.60. The van der Waals surface area contributed by atoms with Gasteiger partial charge in [0.1, 0.15) is 6.04 Å². The molecule has 0 heterocycles. The smallest absolute Gasteiger partial charge is 0.321 e. The van der Waals surface area contributed by atoms with Gasteiger partial charge in [0.05, 0.1) is 0 Å². The minimum absolute atomic E-state index is 0.402. The molecule has 0 fully saturated rings. The molecule has 0 radical (unpaired) electrons. The third-order valence-electron chi connectivity index (χ3n) is 3.12. The molecule has 3 N–H and O–H groups in total. The number of urea groups is 1. The third kappa shape index (κ3) is 5.24. The summed E-state index contributed by atoms with van der Waals surface area (Å²) in [6, 6.07) is 15.8. The maximum Gasteiger partial charge on any atom is 0.321 e. The zero-order valence-electron chi connectivity index (χ0n) is 12.7. The number of benzene rings is 2. The Labute approximate surface area is 149 Å². The second kappa shape index (κ2) is 8.52. The molecule has 1 unspecified atom stereocenters. The molecule has 2 aromatic carbocycles. The molecule has 0 saturated heterocycles. The third-order valence-corrected chi connectivity index (χ3v) is 3.84. The van der Waals surface area contributed by atoms with Crippen LogP contribution in [-0.2, 0) is 4.79 Å². The molecule has 0 aliphatic heterocycles. The number of anilines is 1. The van der Waals surface area contributed by atoms with Gasteiger partial charge in [-0.2, -0.15) is 0 Å². The molecule has 2 rings (SSSR count). The van der Waals surface area contributed by atoms with Gasteiger partial charge in [0, 0.05) is 15.8 Å². The van der Waals surface area contributed by atoms with E-state index in [2.05, 4.69) is 38.5 Å². The van der Waals surface area contributed by atoms with Crippen molar-refractivity contribution in [1.29, 1.82) is 0 Å². The summed E-state index contributed by atoms with van der Waals surface area (Å²) in [6.45, 7) is 2.25. The molecule has 5 nitrogen and oxygen atoms in total. The Morgan fingerprint density at radius 1 is 1.04 bits per heavy atom. The fourth-order valence-electron chi connectivity index (χ4n) is 2.05. The summed E-state index contributed by atoms with van der Waals surface area (Å²) in [4.78, 5) is 24.1. The molecule has 0 bridgehead atoms. The van der Waals surface area contributed by atoms with Crippen LogP contribution in [0.3, 0.4) is 0 Å². The first-order chi connectivity index (χ1) is 11.1. The van der Waals surface area contributed by atoms with E-state index in [0.29, 0.717) is 6.54 Å². The molecule has 0 aliphatic rings. The normalized spacial score (nSPS) is 11.4. The van der Waals surface area contributed by atoms with Gasteiger partial charge >= 0.3 is 6.03 Å². The predicted octanol–water partition coefficient (Wildman–Crippen LogP) is 3.29. The topological polar surface area (TPSA) is 70.2 Å². The second-order valence-corrected chi connectivity index (χ2v) is 6.09. The minimum Gasteiger partial charge on any atom is -0.370 e. The van der Waals surface area contributed by atoms with Crippen molar-refractivity contribution in [2.75, 3.05) is 11.9 Å². The average Bonchev–Trinajstić information content (AvgIpc) is 2.55. The number of hydrogen-bond donors (Lipinski definition) is 3. The maximum atomic E-state index is 12.5. The van der Waals surface area contributed by atoms with E-state index in [1.165, 1.54) is 0 Å². The first kappa shape index (κ1) is 17.3. The van der Waals surface area contributed by atoms with Gasteiger partial charge in [-0.15, -0.1) is 0 Å². The Morgan fingerprint density at radius 2 is 1.70 bits per heavy atom. The monoisotopic (exact) mass is 423 g/mol. The van der Waals surface area contributed by atoms with Gasteiger partial charge in [0.15, 0.2) is 0 Å². The van der Waals surface area contributed by atoms with Gasteiger partial charge in [-0.25, -0.2) is 4.79 Å². The highest BCUT2D eigenvalue weighted by Crippen LogP contribution is 2.20. The number of imide groups is 1. The van der Waals surface area contributed by atoms with E-state index in [4.69, 9.17) is 0 Å². The summed E-state index contributed by atoms with van der Waals surface area (Å²) in [7, 11) is 0. The van der Waals surface area contributed by atoms with E-state index in [1.807, 2.05) is 54.6 Å². The largest absolute Gasteiger partial charge is 0.370 e. The Kier molecular flexibility index (Phi) is 6.40. The minimum atomic E-state index is -0.654. The number of amides is 3. The lowest BCUT2D eigenvalue weighted by atomic mass is 10.1. The van der Waals surface area contributed by atoms with Crippen LogP contribution in [0.2, 0.25) is 0 Å². The van der Waals surface area contributed by atoms with E-state index in [9.17, 15) is 9.59 Å². The summed E-state index contributed by atoms with van der Waals surface area (Å²) >= 11 is 2.22. The molecular weight excluding hydrogens is 405 g/mol. The van der Waals surface area contributed by atoms with E-state index >= 15 is 0 Å². The summed E-state index contributed by atoms with van der Waals surface area (Å²) in [5, 5.41) is 8.09. The van der Waals surface area contributed by atoms with Crippen molar-refractivity contribution in [2.45, 2.75) is 13.0 Å². The first-order valence-electron chi connectivity index (χ1n) is 7.26. The van der Waals surface area contributed by atoms with Gasteiger partial charge in [0.25, 0.3) is 5.91 Å². The molecule has 3 amide bonds. The number of rotatable bonds is 5. The molecule has 6 heteroatoms. The SMILES string of the molecule is CCNC(=O)NC(=O)C(Nc1ccc(I)cc1)c1ccccc1. The van der Waals surface area contributed by atoms with Crippen molar-refractivity contribution >= 4 is 40.2 Å². The first-order valence-corrected chi connectivity index (χ1v) is 8.33.